The molecule has 0 heterocycles. The van der Waals surface area contributed by atoms with Gasteiger partial charge in [-0.15, -0.1) is 0 Å². The van der Waals surface area contributed by atoms with E-state index in [9.17, 15) is 0 Å². The minimum atomic E-state index is 0.0418. The lowest BCUT2D eigenvalue weighted by Crippen LogP contribution is -2.10. The third kappa shape index (κ3) is 2.45. The highest BCUT2D eigenvalue weighted by Gasteiger charge is 2.15. The third-order valence-electron chi connectivity index (χ3n) is 2.67. The van der Waals surface area contributed by atoms with Gasteiger partial charge in [-0.2, -0.15) is 0 Å². The van der Waals surface area contributed by atoms with Crippen LogP contribution in [0.3, 0.4) is 0 Å². The van der Waals surface area contributed by atoms with E-state index in [1.807, 2.05) is 0 Å². The van der Waals surface area contributed by atoms with E-state index >= 15 is 0 Å². The van der Waals surface area contributed by atoms with Crippen LogP contribution in [0.15, 0.2) is 0 Å². The van der Waals surface area contributed by atoms with Crippen molar-refractivity contribution in [1.29, 1.82) is 0 Å². The summed E-state index contributed by atoms with van der Waals surface area (Å²) in [5, 5.41) is 0. The van der Waals surface area contributed by atoms with Gasteiger partial charge < -0.3 is 0 Å². The normalized spacial score (nSPS) is 23.1. The number of rotatable bonds is 1. The summed E-state index contributed by atoms with van der Waals surface area (Å²) in [6, 6.07) is 0. The summed E-state index contributed by atoms with van der Waals surface area (Å²) >= 11 is 0. The Bertz CT molecular complexity index is 80.7. The van der Waals surface area contributed by atoms with Gasteiger partial charge in [0.2, 0.25) is 0 Å². The zero-order chi connectivity index (χ0) is 7.40. The van der Waals surface area contributed by atoms with Crippen LogP contribution >= 0.6 is 0 Å². The van der Waals surface area contributed by atoms with Gasteiger partial charge in [-0.1, -0.05) is 51.6 Å². The van der Waals surface area contributed by atoms with Crippen LogP contribution in [-0.2, 0) is 0 Å². The average Bonchev–Trinajstić information content (AvgIpc) is 2.12. The molecule has 1 saturated carbocycles. The van der Waals surface area contributed by atoms with Crippen LogP contribution in [0.25, 0.3) is 0 Å². The van der Waals surface area contributed by atoms with Crippen LogP contribution in [0.1, 0.15) is 38.5 Å². The van der Waals surface area contributed by atoms with Crippen molar-refractivity contribution in [2.24, 2.45) is 0 Å². The summed E-state index contributed by atoms with van der Waals surface area (Å²) in [4.78, 5) is 0. The lowest BCUT2D eigenvalue weighted by Gasteiger charge is -2.15. The Morgan fingerprint density at radius 1 is 0.900 bits per heavy atom. The van der Waals surface area contributed by atoms with Gasteiger partial charge in [0.1, 0.15) is 0 Å². The van der Waals surface area contributed by atoms with Crippen molar-refractivity contribution >= 4 is 8.80 Å². The van der Waals surface area contributed by atoms with Gasteiger partial charge >= 0.3 is 0 Å². The van der Waals surface area contributed by atoms with Crippen LogP contribution in [0.4, 0.5) is 0 Å². The molecule has 0 N–H and O–H groups in total. The van der Waals surface area contributed by atoms with Crippen molar-refractivity contribution in [1.82, 2.24) is 0 Å². The van der Waals surface area contributed by atoms with E-state index < -0.39 is 0 Å². The van der Waals surface area contributed by atoms with Crippen molar-refractivity contribution in [2.75, 3.05) is 0 Å². The number of hydrogen-bond acceptors (Lipinski definition) is 0. The summed E-state index contributed by atoms with van der Waals surface area (Å²) in [5.74, 6) is 0. The highest BCUT2D eigenvalue weighted by Crippen LogP contribution is 2.29. The smallest absolute Gasteiger partial charge is 0.0446 e. The van der Waals surface area contributed by atoms with Crippen LogP contribution in [0, 0.1) is 0 Å². The Hall–Kier alpha value is 0.217. The molecular formula is C9H19Si. The van der Waals surface area contributed by atoms with Gasteiger partial charge in [0, 0.05) is 8.80 Å². The fraction of sp³-hybridized carbons (Fsp3) is 1.00. The molecule has 0 atom stereocenters. The fourth-order valence-corrected chi connectivity index (χ4v) is 3.42. The summed E-state index contributed by atoms with van der Waals surface area (Å²) < 4.78 is 0. The summed E-state index contributed by atoms with van der Waals surface area (Å²) in [6.07, 6.45) is 9.13. The van der Waals surface area contributed by atoms with Gasteiger partial charge in [-0.25, -0.2) is 0 Å². The summed E-state index contributed by atoms with van der Waals surface area (Å²) in [7, 11) is 0.0418. The Morgan fingerprint density at radius 3 is 1.80 bits per heavy atom. The third-order valence-corrected chi connectivity index (χ3v) is 4.88. The topological polar surface area (TPSA) is 0 Å². The van der Waals surface area contributed by atoms with E-state index in [4.69, 9.17) is 0 Å². The molecule has 0 saturated heterocycles. The molecule has 1 aliphatic carbocycles. The lowest BCUT2D eigenvalue weighted by atomic mass is 10.2. The van der Waals surface area contributed by atoms with E-state index in [-0.39, 0.29) is 8.80 Å². The Balaban J connectivity index is 2.28. The molecular weight excluding hydrogens is 136 g/mol. The van der Waals surface area contributed by atoms with Crippen molar-refractivity contribution in [2.45, 2.75) is 57.2 Å². The van der Waals surface area contributed by atoms with Crippen LogP contribution in [0.2, 0.25) is 18.6 Å². The first-order chi connectivity index (χ1) is 4.80. The predicted octanol–water partition coefficient (Wildman–Crippen LogP) is 3.47. The van der Waals surface area contributed by atoms with E-state index in [0.717, 1.165) is 5.54 Å². The first-order valence-electron chi connectivity index (χ1n) is 4.61. The van der Waals surface area contributed by atoms with Gasteiger partial charge in [-0.05, 0) is 5.54 Å². The second kappa shape index (κ2) is 4.17. The second-order valence-corrected chi connectivity index (χ2v) is 6.74. The molecule has 0 amide bonds. The molecule has 0 aromatic carbocycles. The largest absolute Gasteiger partial charge is 0.0711 e. The van der Waals surface area contributed by atoms with Gasteiger partial charge in [-0.3, -0.25) is 0 Å². The number of hydrogen-bond donors (Lipinski definition) is 0. The SMILES string of the molecule is C[Si](C)C1CCCCCC1. The molecule has 59 valence electrons. The van der Waals surface area contributed by atoms with Crippen molar-refractivity contribution in [3.63, 3.8) is 0 Å². The quantitative estimate of drug-likeness (QED) is 0.402. The molecule has 1 aliphatic rings. The first kappa shape index (κ1) is 8.31. The molecule has 0 aromatic rings. The molecule has 1 rings (SSSR count). The molecule has 0 aromatic heterocycles. The average molecular weight is 155 g/mol. The second-order valence-electron chi connectivity index (χ2n) is 3.77. The molecule has 0 unspecified atom stereocenters. The van der Waals surface area contributed by atoms with Crippen LogP contribution in [-0.4, -0.2) is 8.80 Å². The van der Waals surface area contributed by atoms with Crippen LogP contribution < -0.4 is 0 Å². The van der Waals surface area contributed by atoms with Crippen molar-refractivity contribution in [3.05, 3.63) is 0 Å². The maximum Gasteiger partial charge on any atom is 0.0446 e. The van der Waals surface area contributed by atoms with Gasteiger partial charge in [0.25, 0.3) is 0 Å². The van der Waals surface area contributed by atoms with Gasteiger partial charge in [0.05, 0.1) is 0 Å². The lowest BCUT2D eigenvalue weighted by molar-refractivity contribution is 0.686. The van der Waals surface area contributed by atoms with E-state index in [2.05, 4.69) is 13.1 Å². The minimum Gasteiger partial charge on any atom is -0.0711 e. The summed E-state index contributed by atoms with van der Waals surface area (Å²) in [5.41, 5.74) is 1.15. The monoisotopic (exact) mass is 155 g/mol. The molecule has 0 spiro atoms. The van der Waals surface area contributed by atoms with E-state index in [1.54, 1.807) is 12.8 Å². The highest BCUT2D eigenvalue weighted by molar-refractivity contribution is 6.57. The highest BCUT2D eigenvalue weighted by atomic mass is 28.3. The molecule has 1 heteroatoms. The van der Waals surface area contributed by atoms with Gasteiger partial charge in [0.15, 0.2) is 0 Å². The fourth-order valence-electron chi connectivity index (χ4n) is 1.86. The molecule has 0 bridgehead atoms. The summed E-state index contributed by atoms with van der Waals surface area (Å²) in [6.45, 7) is 4.95. The van der Waals surface area contributed by atoms with Crippen molar-refractivity contribution < 1.29 is 0 Å². The molecule has 10 heavy (non-hydrogen) atoms. The standard InChI is InChI=1S/C9H19Si/c1-10(2)9-7-5-3-4-6-8-9/h9H,3-8H2,1-2H3. The molecule has 1 radical (unpaired) electrons. The maximum atomic E-state index is 2.47. The Labute approximate surface area is 66.6 Å². The first-order valence-corrected chi connectivity index (χ1v) is 7.18. The Kier molecular flexibility index (Phi) is 3.47. The predicted molar refractivity (Wildman–Crippen MR) is 48.9 cm³/mol. The van der Waals surface area contributed by atoms with E-state index in [1.165, 1.54) is 25.7 Å². The molecule has 0 aliphatic heterocycles. The molecule has 0 nitrogen and oxygen atoms in total. The Morgan fingerprint density at radius 2 is 1.40 bits per heavy atom. The van der Waals surface area contributed by atoms with Crippen molar-refractivity contribution in [3.8, 4) is 0 Å². The minimum absolute atomic E-state index is 0.0418. The zero-order valence-corrected chi connectivity index (χ0v) is 8.32. The maximum absolute atomic E-state index is 2.47. The zero-order valence-electron chi connectivity index (χ0n) is 7.32. The van der Waals surface area contributed by atoms with E-state index in [0.29, 0.717) is 0 Å². The molecule has 1 fully saturated rings. The van der Waals surface area contributed by atoms with Crippen LogP contribution in [0.5, 0.6) is 0 Å².